The minimum atomic E-state index is -0.380. The molecule has 0 aliphatic heterocycles. The maximum atomic E-state index is 9.70. The molecule has 5 nitrogen and oxygen atoms in total. The maximum absolute atomic E-state index is 9.70. The lowest BCUT2D eigenvalue weighted by Crippen LogP contribution is -2.22. The molecule has 1 unspecified atom stereocenters. The van der Waals surface area contributed by atoms with Crippen LogP contribution in [0.5, 0.6) is 5.88 Å². The van der Waals surface area contributed by atoms with Crippen molar-refractivity contribution in [1.29, 1.82) is 0 Å². The van der Waals surface area contributed by atoms with E-state index in [1.54, 1.807) is 12.3 Å². The summed E-state index contributed by atoms with van der Waals surface area (Å²) in [6.07, 6.45) is 2.02. The van der Waals surface area contributed by atoms with Gasteiger partial charge in [0.1, 0.15) is 0 Å². The molecule has 0 spiro atoms. The summed E-state index contributed by atoms with van der Waals surface area (Å²) in [6.45, 7) is 7.09. The van der Waals surface area contributed by atoms with E-state index in [1.807, 2.05) is 6.92 Å². The van der Waals surface area contributed by atoms with Crippen LogP contribution >= 0.6 is 0 Å². The molecule has 1 heterocycles. The van der Waals surface area contributed by atoms with E-state index in [2.05, 4.69) is 29.1 Å². The molecule has 0 aliphatic carbocycles. The topological polar surface area (TPSA) is 67.3 Å². The summed E-state index contributed by atoms with van der Waals surface area (Å²) >= 11 is 0. The highest BCUT2D eigenvalue weighted by molar-refractivity contribution is 5.27. The molecule has 1 atom stereocenters. The second kappa shape index (κ2) is 7.06. The summed E-state index contributed by atoms with van der Waals surface area (Å²) < 4.78 is 5.26. The second-order valence-electron chi connectivity index (χ2n) is 4.32. The van der Waals surface area contributed by atoms with Crippen LogP contribution < -0.4 is 10.1 Å². The van der Waals surface area contributed by atoms with Gasteiger partial charge >= 0.3 is 0 Å². The van der Waals surface area contributed by atoms with E-state index in [-0.39, 0.29) is 6.10 Å². The van der Waals surface area contributed by atoms with Gasteiger partial charge in [-0.1, -0.05) is 13.8 Å². The predicted molar refractivity (Wildman–Crippen MR) is 67.2 cm³/mol. The minimum Gasteiger partial charge on any atom is -0.478 e. The fourth-order valence-corrected chi connectivity index (χ4v) is 1.49. The first-order chi connectivity index (χ1) is 8.11. The fraction of sp³-hybridized carbons (Fsp3) is 0.667. The third-order valence-corrected chi connectivity index (χ3v) is 2.16. The Morgan fingerprint density at radius 2 is 2.24 bits per heavy atom. The Hall–Kier alpha value is -1.36. The summed E-state index contributed by atoms with van der Waals surface area (Å²) in [5.41, 5.74) is 0. The summed E-state index contributed by atoms with van der Waals surface area (Å²) in [5.74, 6) is 1.50. The number of rotatable bonds is 7. The van der Waals surface area contributed by atoms with Crippen LogP contribution in [0.2, 0.25) is 0 Å². The second-order valence-corrected chi connectivity index (χ2v) is 4.32. The number of nitrogens with zero attached hydrogens (tertiary/aromatic N) is 2. The lowest BCUT2D eigenvalue weighted by molar-refractivity contribution is 0.161. The molecule has 0 saturated carbocycles. The Balaban J connectivity index is 2.43. The number of hydrogen-bond acceptors (Lipinski definition) is 5. The molecular formula is C12H21N3O2. The minimum absolute atomic E-state index is 0.380. The highest BCUT2D eigenvalue weighted by Gasteiger charge is 2.07. The number of aliphatic hydroxyl groups excluding tert-OH is 1. The van der Waals surface area contributed by atoms with Crippen LogP contribution in [-0.4, -0.2) is 34.3 Å². The summed E-state index contributed by atoms with van der Waals surface area (Å²) in [6, 6.07) is 1.71. The quantitative estimate of drug-likeness (QED) is 0.758. The van der Waals surface area contributed by atoms with Gasteiger partial charge in [-0.05, 0) is 19.3 Å². The number of hydrogen-bond donors (Lipinski definition) is 2. The van der Waals surface area contributed by atoms with Crippen LogP contribution in [-0.2, 0) is 0 Å². The standard InChI is InChI=1S/C12H21N3O2/c1-4-17-11-5-6-13-12(15-11)14-8-10(16)7-9(2)3/h5-6,9-10,16H,4,7-8H2,1-3H3,(H,13,14,15). The van der Waals surface area contributed by atoms with E-state index in [1.165, 1.54) is 0 Å². The maximum Gasteiger partial charge on any atom is 0.226 e. The first-order valence-electron chi connectivity index (χ1n) is 5.99. The van der Waals surface area contributed by atoms with Crippen molar-refractivity contribution in [3.05, 3.63) is 12.3 Å². The van der Waals surface area contributed by atoms with Crippen molar-refractivity contribution in [2.75, 3.05) is 18.5 Å². The number of aromatic nitrogens is 2. The van der Waals surface area contributed by atoms with Crippen LogP contribution in [0.1, 0.15) is 27.2 Å². The SMILES string of the molecule is CCOc1ccnc(NCC(O)CC(C)C)n1. The van der Waals surface area contributed by atoms with Crippen molar-refractivity contribution in [2.45, 2.75) is 33.3 Å². The largest absolute Gasteiger partial charge is 0.478 e. The third kappa shape index (κ3) is 5.49. The van der Waals surface area contributed by atoms with Gasteiger partial charge in [0.2, 0.25) is 11.8 Å². The summed E-state index contributed by atoms with van der Waals surface area (Å²) in [7, 11) is 0. The highest BCUT2D eigenvalue weighted by Crippen LogP contribution is 2.09. The van der Waals surface area contributed by atoms with Gasteiger partial charge in [0, 0.05) is 18.8 Å². The number of nitrogens with one attached hydrogen (secondary N) is 1. The Labute approximate surface area is 102 Å². The fourth-order valence-electron chi connectivity index (χ4n) is 1.49. The Kier molecular flexibility index (Phi) is 5.69. The normalized spacial score (nSPS) is 12.5. The molecule has 0 aromatic carbocycles. The van der Waals surface area contributed by atoms with Crippen LogP contribution in [0.4, 0.5) is 5.95 Å². The van der Waals surface area contributed by atoms with E-state index in [0.717, 1.165) is 6.42 Å². The molecular weight excluding hydrogens is 218 g/mol. The molecule has 0 saturated heterocycles. The molecule has 0 bridgehead atoms. The van der Waals surface area contributed by atoms with Crippen LogP contribution in [0.25, 0.3) is 0 Å². The first kappa shape index (κ1) is 13.7. The van der Waals surface area contributed by atoms with Crippen LogP contribution in [0.3, 0.4) is 0 Å². The van der Waals surface area contributed by atoms with Gasteiger partial charge in [-0.2, -0.15) is 4.98 Å². The lowest BCUT2D eigenvalue weighted by Gasteiger charge is -2.13. The van der Waals surface area contributed by atoms with Gasteiger partial charge < -0.3 is 15.2 Å². The zero-order valence-corrected chi connectivity index (χ0v) is 10.7. The van der Waals surface area contributed by atoms with Crippen molar-refractivity contribution >= 4 is 5.95 Å². The highest BCUT2D eigenvalue weighted by atomic mass is 16.5. The zero-order chi connectivity index (χ0) is 12.7. The molecule has 5 heteroatoms. The van der Waals surface area contributed by atoms with Crippen molar-refractivity contribution in [2.24, 2.45) is 5.92 Å². The summed E-state index contributed by atoms with van der Waals surface area (Å²) in [5, 5.41) is 12.7. The van der Waals surface area contributed by atoms with Gasteiger partial charge in [-0.3, -0.25) is 0 Å². The molecule has 1 aromatic heterocycles. The van der Waals surface area contributed by atoms with Crippen LogP contribution in [0, 0.1) is 5.92 Å². The van der Waals surface area contributed by atoms with Gasteiger partial charge in [-0.15, -0.1) is 0 Å². The van der Waals surface area contributed by atoms with E-state index < -0.39 is 0 Å². The Morgan fingerprint density at radius 1 is 1.47 bits per heavy atom. The van der Waals surface area contributed by atoms with E-state index >= 15 is 0 Å². The monoisotopic (exact) mass is 239 g/mol. The van der Waals surface area contributed by atoms with Gasteiger partial charge in [0.15, 0.2) is 0 Å². The molecule has 17 heavy (non-hydrogen) atoms. The average Bonchev–Trinajstić information content (AvgIpc) is 2.26. The van der Waals surface area contributed by atoms with Gasteiger partial charge in [0.05, 0.1) is 12.7 Å². The van der Waals surface area contributed by atoms with Crippen molar-refractivity contribution in [3.63, 3.8) is 0 Å². The molecule has 0 radical (unpaired) electrons. The molecule has 0 aliphatic rings. The zero-order valence-electron chi connectivity index (χ0n) is 10.7. The molecule has 1 rings (SSSR count). The Morgan fingerprint density at radius 3 is 2.88 bits per heavy atom. The number of ether oxygens (including phenoxy) is 1. The van der Waals surface area contributed by atoms with Crippen molar-refractivity contribution < 1.29 is 9.84 Å². The average molecular weight is 239 g/mol. The van der Waals surface area contributed by atoms with Gasteiger partial charge in [-0.25, -0.2) is 4.98 Å². The van der Waals surface area contributed by atoms with Crippen molar-refractivity contribution in [1.82, 2.24) is 9.97 Å². The number of aliphatic hydroxyl groups is 1. The van der Waals surface area contributed by atoms with E-state index in [4.69, 9.17) is 4.74 Å². The molecule has 96 valence electrons. The molecule has 1 aromatic rings. The lowest BCUT2D eigenvalue weighted by atomic mass is 10.1. The third-order valence-electron chi connectivity index (χ3n) is 2.16. The predicted octanol–water partition coefficient (Wildman–Crippen LogP) is 1.69. The van der Waals surface area contributed by atoms with E-state index in [9.17, 15) is 5.11 Å². The first-order valence-corrected chi connectivity index (χ1v) is 5.99. The molecule has 0 fully saturated rings. The summed E-state index contributed by atoms with van der Waals surface area (Å²) in [4.78, 5) is 8.22. The Bertz CT molecular complexity index is 331. The smallest absolute Gasteiger partial charge is 0.226 e. The van der Waals surface area contributed by atoms with Crippen molar-refractivity contribution in [3.8, 4) is 5.88 Å². The molecule has 2 N–H and O–H groups in total. The van der Waals surface area contributed by atoms with Gasteiger partial charge in [0.25, 0.3) is 0 Å². The van der Waals surface area contributed by atoms with E-state index in [0.29, 0.717) is 30.9 Å². The molecule has 0 amide bonds. The van der Waals surface area contributed by atoms with Crippen LogP contribution in [0.15, 0.2) is 12.3 Å². The number of anilines is 1.